The third kappa shape index (κ3) is 1.04. The molecule has 1 saturated heterocycles. The van der Waals surface area contributed by atoms with Crippen LogP contribution < -0.4 is 21.9 Å². The molecule has 1 aliphatic carbocycles. The van der Waals surface area contributed by atoms with E-state index in [2.05, 4.69) is 16.2 Å². The van der Waals surface area contributed by atoms with Crippen LogP contribution in [0.4, 0.5) is 4.79 Å². The molecule has 0 radical (unpaired) electrons. The van der Waals surface area contributed by atoms with Gasteiger partial charge in [-0.3, -0.25) is 0 Å². The van der Waals surface area contributed by atoms with Gasteiger partial charge >= 0.3 is 6.03 Å². The van der Waals surface area contributed by atoms with Crippen molar-refractivity contribution in [2.24, 2.45) is 11.7 Å². The Morgan fingerprint density at radius 1 is 1.67 bits per heavy atom. The topological polar surface area (TPSA) is 79.2 Å². The highest BCUT2D eigenvalue weighted by molar-refractivity contribution is 5.72. The maximum Gasteiger partial charge on any atom is 0.313 e. The molecule has 0 bridgehead atoms. The first-order valence-corrected chi connectivity index (χ1v) is 3.73. The van der Waals surface area contributed by atoms with Crippen LogP contribution >= 0.6 is 0 Å². The molecule has 2 unspecified atom stereocenters. The highest BCUT2D eigenvalue weighted by atomic mass is 16.2. The summed E-state index contributed by atoms with van der Waals surface area (Å²) in [4.78, 5) is 10.5. The Labute approximate surface area is 69.7 Å². The molecule has 5 N–H and O–H groups in total. The zero-order valence-corrected chi connectivity index (χ0v) is 6.37. The van der Waals surface area contributed by atoms with Gasteiger partial charge in [-0.15, -0.1) is 0 Å². The third-order valence-electron chi connectivity index (χ3n) is 1.98. The van der Waals surface area contributed by atoms with Gasteiger partial charge in [-0.25, -0.2) is 10.2 Å². The lowest BCUT2D eigenvalue weighted by molar-refractivity contribution is 0.242. The number of nitrogens with one attached hydrogen (secondary N) is 3. The summed E-state index contributed by atoms with van der Waals surface area (Å²) in [6, 6.07) is -0.518. The number of amides is 2. The van der Waals surface area contributed by atoms with Crippen LogP contribution in [0.5, 0.6) is 0 Å². The van der Waals surface area contributed by atoms with Crippen LogP contribution in [0.3, 0.4) is 0 Å². The van der Waals surface area contributed by atoms with Gasteiger partial charge in [0.1, 0.15) is 6.17 Å². The first-order valence-electron chi connectivity index (χ1n) is 3.73. The molecule has 2 atom stereocenters. The summed E-state index contributed by atoms with van der Waals surface area (Å²) < 4.78 is 0. The zero-order valence-electron chi connectivity index (χ0n) is 6.37. The Morgan fingerprint density at radius 2 is 2.50 bits per heavy atom. The maximum absolute atomic E-state index is 10.5. The van der Waals surface area contributed by atoms with Gasteiger partial charge in [-0.05, 0) is 6.08 Å². The lowest BCUT2D eigenvalue weighted by Gasteiger charge is -2.13. The van der Waals surface area contributed by atoms with Gasteiger partial charge < -0.3 is 16.5 Å². The van der Waals surface area contributed by atoms with E-state index < -0.39 is 6.03 Å². The molecule has 0 aromatic carbocycles. The van der Waals surface area contributed by atoms with Crippen LogP contribution in [0, 0.1) is 5.92 Å². The number of fused-ring (bicyclic) bond motifs is 1. The van der Waals surface area contributed by atoms with Crippen LogP contribution in [0.1, 0.15) is 0 Å². The number of hydrazine groups is 1. The summed E-state index contributed by atoms with van der Waals surface area (Å²) in [5.74, 6) is 0.192. The Kier molecular flexibility index (Phi) is 1.51. The molecule has 2 rings (SSSR count). The number of rotatable bonds is 1. The minimum absolute atomic E-state index is 0.132. The second-order valence-corrected chi connectivity index (χ2v) is 2.79. The van der Waals surface area contributed by atoms with E-state index in [1.807, 2.05) is 18.2 Å². The zero-order chi connectivity index (χ0) is 8.55. The molecular formula is C7H10N4O. The van der Waals surface area contributed by atoms with Gasteiger partial charge in [-0.2, -0.15) is 0 Å². The van der Waals surface area contributed by atoms with Crippen LogP contribution in [-0.2, 0) is 0 Å². The van der Waals surface area contributed by atoms with E-state index in [1.54, 1.807) is 0 Å². The summed E-state index contributed by atoms with van der Waals surface area (Å²) in [5.41, 5.74) is 11.9. The second-order valence-electron chi connectivity index (χ2n) is 2.79. The van der Waals surface area contributed by atoms with Crippen molar-refractivity contribution in [1.82, 2.24) is 16.2 Å². The average molecular weight is 166 g/mol. The van der Waals surface area contributed by atoms with Crippen molar-refractivity contribution in [3.63, 3.8) is 0 Å². The molecule has 0 saturated carbocycles. The number of urea groups is 1. The SMILES string of the molecule is NC(=O)NC1NNC2=CC=CC21. The molecule has 1 aliphatic heterocycles. The van der Waals surface area contributed by atoms with Gasteiger partial charge in [0, 0.05) is 5.70 Å². The van der Waals surface area contributed by atoms with Gasteiger partial charge in [0.05, 0.1) is 5.92 Å². The van der Waals surface area contributed by atoms with E-state index >= 15 is 0 Å². The summed E-state index contributed by atoms with van der Waals surface area (Å²) in [6.07, 6.45) is 5.78. The lowest BCUT2D eigenvalue weighted by Crippen LogP contribution is -2.48. The molecule has 5 heteroatoms. The summed E-state index contributed by atoms with van der Waals surface area (Å²) in [7, 11) is 0. The van der Waals surface area contributed by atoms with Crippen LogP contribution in [0.2, 0.25) is 0 Å². The fourth-order valence-corrected chi connectivity index (χ4v) is 1.44. The molecule has 1 heterocycles. The molecule has 2 aliphatic rings. The Hall–Kier alpha value is -1.49. The largest absolute Gasteiger partial charge is 0.352 e. The predicted molar refractivity (Wildman–Crippen MR) is 43.5 cm³/mol. The normalized spacial score (nSPS) is 30.8. The Morgan fingerprint density at radius 3 is 3.25 bits per heavy atom. The number of carbonyl (C=O) groups is 1. The van der Waals surface area contributed by atoms with Crippen molar-refractivity contribution in [1.29, 1.82) is 0 Å². The number of carbonyl (C=O) groups excluding carboxylic acids is 1. The number of hydrogen-bond acceptors (Lipinski definition) is 3. The van der Waals surface area contributed by atoms with Crippen molar-refractivity contribution < 1.29 is 4.79 Å². The number of primary amides is 1. The van der Waals surface area contributed by atoms with E-state index in [9.17, 15) is 4.79 Å². The summed E-state index contributed by atoms with van der Waals surface area (Å²) >= 11 is 0. The minimum Gasteiger partial charge on any atom is -0.352 e. The molecule has 1 fully saturated rings. The van der Waals surface area contributed by atoms with Gasteiger partial charge in [0.15, 0.2) is 0 Å². The minimum atomic E-state index is -0.518. The summed E-state index contributed by atoms with van der Waals surface area (Å²) in [6.45, 7) is 0. The van der Waals surface area contributed by atoms with Crippen molar-refractivity contribution in [2.75, 3.05) is 0 Å². The van der Waals surface area contributed by atoms with Gasteiger partial charge in [-0.1, -0.05) is 12.2 Å². The monoisotopic (exact) mass is 166 g/mol. The quantitative estimate of drug-likeness (QED) is 0.410. The van der Waals surface area contributed by atoms with Crippen molar-refractivity contribution >= 4 is 6.03 Å². The van der Waals surface area contributed by atoms with E-state index in [0.717, 1.165) is 5.70 Å². The van der Waals surface area contributed by atoms with Crippen LogP contribution in [-0.4, -0.2) is 12.2 Å². The van der Waals surface area contributed by atoms with Gasteiger partial charge in [0.2, 0.25) is 0 Å². The Balaban J connectivity index is 2.05. The molecule has 0 spiro atoms. The first-order chi connectivity index (χ1) is 5.77. The highest BCUT2D eigenvalue weighted by Crippen LogP contribution is 2.22. The predicted octanol–water partition coefficient (Wildman–Crippen LogP) is -0.842. The lowest BCUT2D eigenvalue weighted by atomic mass is 10.1. The second kappa shape index (κ2) is 2.53. The van der Waals surface area contributed by atoms with Crippen LogP contribution in [0.15, 0.2) is 23.9 Å². The van der Waals surface area contributed by atoms with Gasteiger partial charge in [0.25, 0.3) is 0 Å². The average Bonchev–Trinajstić information content (AvgIpc) is 2.52. The molecule has 64 valence electrons. The molecule has 0 aromatic heterocycles. The standard InChI is InChI=1S/C7H10N4O/c8-7(12)9-6-4-2-1-3-5(4)10-11-6/h1-4,6,10-11H,(H3,8,9,12). The summed E-state index contributed by atoms with van der Waals surface area (Å²) in [5, 5.41) is 2.59. The first kappa shape index (κ1) is 7.17. The molecule has 2 amide bonds. The molecule has 0 aromatic rings. The number of allylic oxidation sites excluding steroid dienone is 2. The van der Waals surface area contributed by atoms with Crippen molar-refractivity contribution in [3.8, 4) is 0 Å². The van der Waals surface area contributed by atoms with Crippen molar-refractivity contribution in [2.45, 2.75) is 6.17 Å². The van der Waals surface area contributed by atoms with E-state index in [4.69, 9.17) is 5.73 Å². The smallest absolute Gasteiger partial charge is 0.313 e. The van der Waals surface area contributed by atoms with E-state index in [0.29, 0.717) is 0 Å². The number of nitrogens with two attached hydrogens (primary N) is 1. The highest BCUT2D eigenvalue weighted by Gasteiger charge is 2.31. The van der Waals surface area contributed by atoms with E-state index in [-0.39, 0.29) is 12.1 Å². The third-order valence-corrected chi connectivity index (χ3v) is 1.98. The Bertz CT molecular complexity index is 271. The van der Waals surface area contributed by atoms with Crippen molar-refractivity contribution in [3.05, 3.63) is 23.9 Å². The molecule has 12 heavy (non-hydrogen) atoms. The molecule has 5 nitrogen and oxygen atoms in total. The van der Waals surface area contributed by atoms with Crippen LogP contribution in [0.25, 0.3) is 0 Å². The maximum atomic E-state index is 10.5. The molecular weight excluding hydrogens is 156 g/mol. The fraction of sp³-hybridized carbons (Fsp3) is 0.286. The number of hydrogen-bond donors (Lipinski definition) is 4. The fourth-order valence-electron chi connectivity index (χ4n) is 1.44. The van der Waals surface area contributed by atoms with E-state index in [1.165, 1.54) is 0 Å².